The summed E-state index contributed by atoms with van der Waals surface area (Å²) in [5, 5.41) is 0. The van der Waals surface area contributed by atoms with Crippen molar-refractivity contribution in [2.45, 2.75) is 19.3 Å². The van der Waals surface area contributed by atoms with Gasteiger partial charge in [0.15, 0.2) is 0 Å². The first-order chi connectivity index (χ1) is 12.2. The van der Waals surface area contributed by atoms with Crippen LogP contribution >= 0.6 is 0 Å². The number of carbonyl (C=O) groups is 2. The highest BCUT2D eigenvalue weighted by molar-refractivity contribution is 5.91. The van der Waals surface area contributed by atoms with E-state index >= 15 is 0 Å². The second-order valence-corrected chi connectivity index (χ2v) is 6.66. The van der Waals surface area contributed by atoms with Crippen molar-refractivity contribution in [1.82, 2.24) is 19.7 Å². The first-order valence-corrected chi connectivity index (χ1v) is 9.09. The molecule has 0 radical (unpaired) electrons. The smallest absolute Gasteiger partial charge is 0.246 e. The van der Waals surface area contributed by atoms with Crippen molar-refractivity contribution in [3.8, 4) is 0 Å². The maximum absolute atomic E-state index is 12.4. The van der Waals surface area contributed by atoms with Crippen LogP contribution in [0.5, 0.6) is 0 Å². The molecule has 0 aromatic carbocycles. The van der Waals surface area contributed by atoms with E-state index in [9.17, 15) is 9.59 Å². The van der Waals surface area contributed by atoms with Gasteiger partial charge < -0.3 is 9.80 Å². The van der Waals surface area contributed by atoms with Gasteiger partial charge in [0, 0.05) is 57.7 Å². The van der Waals surface area contributed by atoms with Crippen molar-refractivity contribution in [2.24, 2.45) is 0 Å². The van der Waals surface area contributed by atoms with E-state index in [1.165, 1.54) is 0 Å². The Labute approximate surface area is 149 Å². The fraction of sp³-hybridized carbons (Fsp3) is 0.526. The number of rotatable bonds is 4. The van der Waals surface area contributed by atoms with Crippen molar-refractivity contribution in [3.63, 3.8) is 0 Å². The zero-order chi connectivity index (χ0) is 17.5. The average Bonchev–Trinajstić information content (AvgIpc) is 3.08. The SMILES string of the molecule is O=C(/C=C\c1ccncc1)N1CCCN(CC(=O)N2CCCC2)CC1. The number of pyridine rings is 1. The first-order valence-electron chi connectivity index (χ1n) is 9.09. The molecule has 6 nitrogen and oxygen atoms in total. The van der Waals surface area contributed by atoms with Crippen molar-refractivity contribution < 1.29 is 9.59 Å². The van der Waals surface area contributed by atoms with Crippen molar-refractivity contribution >= 4 is 17.9 Å². The number of amides is 2. The number of hydrogen-bond acceptors (Lipinski definition) is 4. The maximum Gasteiger partial charge on any atom is 0.246 e. The summed E-state index contributed by atoms with van der Waals surface area (Å²) in [6, 6.07) is 3.75. The molecule has 2 amide bonds. The molecular weight excluding hydrogens is 316 g/mol. The average molecular weight is 342 g/mol. The highest BCUT2D eigenvalue weighted by atomic mass is 16.2. The Bertz CT molecular complexity index is 611. The molecule has 25 heavy (non-hydrogen) atoms. The quantitative estimate of drug-likeness (QED) is 0.773. The van der Waals surface area contributed by atoms with Gasteiger partial charge >= 0.3 is 0 Å². The summed E-state index contributed by atoms with van der Waals surface area (Å²) in [4.78, 5) is 34.7. The molecular formula is C19H26N4O2. The number of aromatic nitrogens is 1. The Morgan fingerprint density at radius 3 is 2.40 bits per heavy atom. The zero-order valence-corrected chi connectivity index (χ0v) is 14.6. The van der Waals surface area contributed by atoms with Crippen LogP contribution in [0.25, 0.3) is 6.08 Å². The molecule has 0 spiro atoms. The van der Waals surface area contributed by atoms with Crippen LogP contribution in [0.3, 0.4) is 0 Å². The van der Waals surface area contributed by atoms with E-state index in [-0.39, 0.29) is 11.8 Å². The van der Waals surface area contributed by atoms with Gasteiger partial charge in [-0.25, -0.2) is 0 Å². The van der Waals surface area contributed by atoms with Gasteiger partial charge in [-0.15, -0.1) is 0 Å². The summed E-state index contributed by atoms with van der Waals surface area (Å²) < 4.78 is 0. The van der Waals surface area contributed by atoms with Crippen molar-refractivity contribution in [3.05, 3.63) is 36.2 Å². The van der Waals surface area contributed by atoms with Crippen molar-refractivity contribution in [2.75, 3.05) is 45.8 Å². The second kappa shape index (κ2) is 8.76. The highest BCUT2D eigenvalue weighted by Gasteiger charge is 2.23. The minimum atomic E-state index is 0.0320. The van der Waals surface area contributed by atoms with Gasteiger partial charge in [-0.3, -0.25) is 19.5 Å². The molecule has 0 saturated carbocycles. The molecule has 2 fully saturated rings. The highest BCUT2D eigenvalue weighted by Crippen LogP contribution is 2.10. The Morgan fingerprint density at radius 2 is 1.64 bits per heavy atom. The summed E-state index contributed by atoms with van der Waals surface area (Å²) in [5.74, 6) is 0.263. The maximum atomic E-state index is 12.4. The van der Waals surface area contributed by atoms with E-state index < -0.39 is 0 Å². The summed E-state index contributed by atoms with van der Waals surface area (Å²) in [7, 11) is 0. The van der Waals surface area contributed by atoms with Crippen LogP contribution in [0, 0.1) is 0 Å². The van der Waals surface area contributed by atoms with E-state index in [0.29, 0.717) is 13.1 Å². The van der Waals surface area contributed by atoms with Gasteiger partial charge in [-0.05, 0) is 43.0 Å². The van der Waals surface area contributed by atoms with Gasteiger partial charge in [-0.1, -0.05) is 0 Å². The minimum absolute atomic E-state index is 0.0320. The Morgan fingerprint density at radius 1 is 0.920 bits per heavy atom. The van der Waals surface area contributed by atoms with Crippen LogP contribution in [0.2, 0.25) is 0 Å². The van der Waals surface area contributed by atoms with Crippen molar-refractivity contribution in [1.29, 1.82) is 0 Å². The summed E-state index contributed by atoms with van der Waals surface area (Å²) >= 11 is 0. The first kappa shape index (κ1) is 17.6. The van der Waals surface area contributed by atoms with E-state index in [1.807, 2.05) is 28.0 Å². The zero-order valence-electron chi connectivity index (χ0n) is 14.6. The molecule has 0 bridgehead atoms. The normalized spacial score (nSPS) is 19.4. The lowest BCUT2D eigenvalue weighted by Gasteiger charge is -2.23. The van der Waals surface area contributed by atoms with Gasteiger partial charge in [0.05, 0.1) is 6.54 Å². The monoisotopic (exact) mass is 342 g/mol. The molecule has 2 saturated heterocycles. The lowest BCUT2D eigenvalue weighted by molar-refractivity contribution is -0.131. The number of nitrogens with zero attached hydrogens (tertiary/aromatic N) is 4. The minimum Gasteiger partial charge on any atom is -0.342 e. The van der Waals surface area contributed by atoms with E-state index in [0.717, 1.165) is 57.5 Å². The summed E-state index contributed by atoms with van der Waals surface area (Å²) in [6.45, 7) is 5.33. The van der Waals surface area contributed by atoms with Gasteiger partial charge in [-0.2, -0.15) is 0 Å². The van der Waals surface area contributed by atoms with Crippen LogP contribution in [-0.2, 0) is 9.59 Å². The molecule has 0 atom stereocenters. The molecule has 1 aromatic heterocycles. The standard InChI is InChI=1S/C19H26N4O2/c24-18(5-4-17-6-8-20-9-7-17)23-13-3-10-21(14-15-23)16-19(25)22-11-1-2-12-22/h4-9H,1-3,10-16H2/b5-4-. The second-order valence-electron chi connectivity index (χ2n) is 6.66. The summed E-state index contributed by atoms with van der Waals surface area (Å²) in [6.07, 6.45) is 10.0. The fourth-order valence-corrected chi connectivity index (χ4v) is 3.35. The summed E-state index contributed by atoms with van der Waals surface area (Å²) in [5.41, 5.74) is 0.969. The molecule has 1 aromatic rings. The lowest BCUT2D eigenvalue weighted by Crippen LogP contribution is -2.41. The Balaban J connectivity index is 1.48. The number of likely N-dealkylation sites (tertiary alicyclic amines) is 1. The molecule has 3 rings (SSSR count). The third kappa shape index (κ3) is 5.13. The predicted octanol–water partition coefficient (Wildman–Crippen LogP) is 1.25. The van der Waals surface area contributed by atoms with Crippen LogP contribution in [0.1, 0.15) is 24.8 Å². The lowest BCUT2D eigenvalue weighted by atomic mass is 10.2. The van der Waals surface area contributed by atoms with Gasteiger partial charge in [0.25, 0.3) is 0 Å². The van der Waals surface area contributed by atoms with Gasteiger partial charge in [0.1, 0.15) is 0 Å². The third-order valence-corrected chi connectivity index (χ3v) is 4.84. The molecule has 3 heterocycles. The van der Waals surface area contributed by atoms with Gasteiger partial charge in [0.2, 0.25) is 11.8 Å². The van der Waals surface area contributed by atoms with Crippen LogP contribution in [-0.4, -0.2) is 77.3 Å². The Kier molecular flexibility index (Phi) is 6.17. The van der Waals surface area contributed by atoms with Crippen LogP contribution < -0.4 is 0 Å². The molecule has 2 aliphatic heterocycles. The predicted molar refractivity (Wildman–Crippen MR) is 96.7 cm³/mol. The fourth-order valence-electron chi connectivity index (χ4n) is 3.35. The van der Waals surface area contributed by atoms with Crippen LogP contribution in [0.4, 0.5) is 0 Å². The van der Waals surface area contributed by atoms with E-state index in [2.05, 4.69) is 9.88 Å². The molecule has 0 aliphatic carbocycles. The molecule has 0 unspecified atom stereocenters. The number of carbonyl (C=O) groups excluding carboxylic acids is 2. The third-order valence-electron chi connectivity index (χ3n) is 4.84. The Hall–Kier alpha value is -2.21. The molecule has 2 aliphatic rings. The molecule has 134 valence electrons. The number of hydrogen-bond donors (Lipinski definition) is 0. The topological polar surface area (TPSA) is 56.8 Å². The van der Waals surface area contributed by atoms with Crippen LogP contribution in [0.15, 0.2) is 30.6 Å². The largest absolute Gasteiger partial charge is 0.342 e. The van der Waals surface area contributed by atoms with E-state index in [1.54, 1.807) is 18.5 Å². The molecule has 6 heteroatoms. The molecule has 0 N–H and O–H groups in total. The van der Waals surface area contributed by atoms with E-state index in [4.69, 9.17) is 0 Å².